The number of carboxylic acids is 1. The van der Waals surface area contributed by atoms with Gasteiger partial charge in [0, 0.05) is 17.0 Å². The van der Waals surface area contributed by atoms with Crippen molar-refractivity contribution in [2.75, 3.05) is 0 Å². The number of carboxylic acid groups (broad SMARTS) is 1. The molecule has 4 heteroatoms. The number of halogens is 1. The van der Waals surface area contributed by atoms with Crippen molar-refractivity contribution in [3.8, 4) is 0 Å². The first kappa shape index (κ1) is 15.0. The van der Waals surface area contributed by atoms with Crippen molar-refractivity contribution >= 4 is 23.4 Å². The first-order valence-electron chi connectivity index (χ1n) is 7.13. The summed E-state index contributed by atoms with van der Waals surface area (Å²) in [7, 11) is 0. The standard InChI is InChI=1S/C16H19ClO3/c17-13-8-4-7-12(14(18)9-10-15(19)20)16(13)11-5-2-1-3-6-11/h4,7-8,11H,1-3,5-6,9-10H2,(H,19,20). The molecule has 20 heavy (non-hydrogen) atoms. The van der Waals surface area contributed by atoms with Gasteiger partial charge in [-0.25, -0.2) is 0 Å². The fourth-order valence-corrected chi connectivity index (χ4v) is 3.27. The molecule has 1 fully saturated rings. The minimum absolute atomic E-state index is 0.0371. The Hall–Kier alpha value is -1.35. The molecule has 1 saturated carbocycles. The van der Waals surface area contributed by atoms with Crippen LogP contribution in [0, 0.1) is 0 Å². The summed E-state index contributed by atoms with van der Waals surface area (Å²) in [5.41, 5.74) is 1.55. The third-order valence-electron chi connectivity index (χ3n) is 3.93. The van der Waals surface area contributed by atoms with Gasteiger partial charge in [-0.2, -0.15) is 0 Å². The van der Waals surface area contributed by atoms with Gasteiger partial charge in [0.05, 0.1) is 6.42 Å². The summed E-state index contributed by atoms with van der Waals surface area (Å²) >= 11 is 6.30. The normalized spacial score (nSPS) is 16.1. The van der Waals surface area contributed by atoms with Crippen molar-refractivity contribution < 1.29 is 14.7 Å². The molecule has 108 valence electrons. The number of ketones is 1. The summed E-state index contributed by atoms with van der Waals surface area (Å²) in [6.45, 7) is 0. The quantitative estimate of drug-likeness (QED) is 0.817. The zero-order chi connectivity index (χ0) is 14.5. The first-order valence-corrected chi connectivity index (χ1v) is 7.51. The number of benzene rings is 1. The molecule has 0 bridgehead atoms. The SMILES string of the molecule is O=C(O)CCC(=O)c1cccc(Cl)c1C1CCCCC1. The van der Waals surface area contributed by atoms with Gasteiger partial charge in [0.1, 0.15) is 0 Å². The number of rotatable bonds is 5. The zero-order valence-electron chi connectivity index (χ0n) is 11.4. The highest BCUT2D eigenvalue weighted by Crippen LogP contribution is 2.38. The Bertz CT molecular complexity index is 504. The van der Waals surface area contributed by atoms with E-state index in [-0.39, 0.29) is 18.6 Å². The molecule has 0 unspecified atom stereocenters. The molecular weight excluding hydrogens is 276 g/mol. The Kier molecular flexibility index (Phi) is 5.18. The van der Waals surface area contributed by atoms with Gasteiger partial charge in [-0.05, 0) is 30.4 Å². The third kappa shape index (κ3) is 3.60. The van der Waals surface area contributed by atoms with Crippen LogP contribution in [-0.4, -0.2) is 16.9 Å². The molecule has 1 aromatic rings. The fourth-order valence-electron chi connectivity index (χ4n) is 2.94. The van der Waals surface area contributed by atoms with Crippen LogP contribution in [0.3, 0.4) is 0 Å². The van der Waals surface area contributed by atoms with E-state index in [0.717, 1.165) is 18.4 Å². The zero-order valence-corrected chi connectivity index (χ0v) is 12.2. The van der Waals surface area contributed by atoms with Crippen LogP contribution in [0.25, 0.3) is 0 Å². The summed E-state index contributed by atoms with van der Waals surface area (Å²) in [4.78, 5) is 22.9. The molecular formula is C16H19ClO3. The van der Waals surface area contributed by atoms with Crippen molar-refractivity contribution in [1.82, 2.24) is 0 Å². The first-order chi connectivity index (χ1) is 9.59. The van der Waals surface area contributed by atoms with E-state index in [4.69, 9.17) is 16.7 Å². The van der Waals surface area contributed by atoms with Crippen molar-refractivity contribution in [3.05, 3.63) is 34.3 Å². The molecule has 0 spiro atoms. The lowest BCUT2D eigenvalue weighted by atomic mass is 9.81. The van der Waals surface area contributed by atoms with Gasteiger partial charge in [-0.3, -0.25) is 9.59 Å². The lowest BCUT2D eigenvalue weighted by molar-refractivity contribution is -0.136. The van der Waals surface area contributed by atoms with Crippen LogP contribution < -0.4 is 0 Å². The Balaban J connectivity index is 2.25. The maximum Gasteiger partial charge on any atom is 0.303 e. The molecule has 0 aromatic heterocycles. The van der Waals surface area contributed by atoms with Crippen LogP contribution in [0.15, 0.2) is 18.2 Å². The molecule has 3 nitrogen and oxygen atoms in total. The van der Waals surface area contributed by atoms with Gasteiger partial charge in [-0.15, -0.1) is 0 Å². The van der Waals surface area contributed by atoms with Gasteiger partial charge in [0.15, 0.2) is 5.78 Å². The molecule has 0 aliphatic heterocycles. The Morgan fingerprint density at radius 1 is 1.15 bits per heavy atom. The second kappa shape index (κ2) is 6.89. The average Bonchev–Trinajstić information content (AvgIpc) is 2.45. The van der Waals surface area contributed by atoms with E-state index in [0.29, 0.717) is 16.5 Å². The van der Waals surface area contributed by atoms with Gasteiger partial charge in [0.2, 0.25) is 0 Å². The molecule has 0 heterocycles. The minimum atomic E-state index is -0.945. The second-order valence-electron chi connectivity index (χ2n) is 5.35. The fraction of sp³-hybridized carbons (Fsp3) is 0.500. The topological polar surface area (TPSA) is 54.4 Å². The van der Waals surface area contributed by atoms with Crippen LogP contribution in [0.2, 0.25) is 5.02 Å². The molecule has 1 N–H and O–H groups in total. The highest BCUT2D eigenvalue weighted by molar-refractivity contribution is 6.32. The Labute approximate surface area is 123 Å². The van der Waals surface area contributed by atoms with Gasteiger partial charge in [0.25, 0.3) is 0 Å². The van der Waals surface area contributed by atoms with Crippen LogP contribution >= 0.6 is 11.6 Å². The van der Waals surface area contributed by atoms with Crippen LogP contribution in [-0.2, 0) is 4.79 Å². The Morgan fingerprint density at radius 2 is 1.85 bits per heavy atom. The lowest BCUT2D eigenvalue weighted by Gasteiger charge is -2.25. The molecule has 0 atom stereocenters. The number of Topliss-reactive ketones (excluding diaryl/α,β-unsaturated/α-hetero) is 1. The molecule has 0 radical (unpaired) electrons. The number of hydrogen-bond donors (Lipinski definition) is 1. The lowest BCUT2D eigenvalue weighted by Crippen LogP contribution is -2.12. The predicted octanol–water partition coefficient (Wildman–Crippen LogP) is 4.44. The number of hydrogen-bond acceptors (Lipinski definition) is 2. The summed E-state index contributed by atoms with van der Waals surface area (Å²) in [5, 5.41) is 9.34. The maximum atomic E-state index is 12.2. The van der Waals surface area contributed by atoms with E-state index in [2.05, 4.69) is 0 Å². The summed E-state index contributed by atoms with van der Waals surface area (Å²) in [5.74, 6) is -0.726. The molecule has 1 aliphatic rings. The maximum absolute atomic E-state index is 12.2. The van der Waals surface area contributed by atoms with E-state index in [1.807, 2.05) is 6.07 Å². The van der Waals surface area contributed by atoms with E-state index in [9.17, 15) is 9.59 Å². The number of carbonyl (C=O) groups excluding carboxylic acids is 1. The molecule has 1 aromatic carbocycles. The monoisotopic (exact) mass is 294 g/mol. The second-order valence-corrected chi connectivity index (χ2v) is 5.76. The Morgan fingerprint density at radius 3 is 2.50 bits per heavy atom. The molecule has 0 amide bonds. The highest BCUT2D eigenvalue weighted by Gasteiger charge is 2.23. The van der Waals surface area contributed by atoms with Gasteiger partial charge in [-0.1, -0.05) is 43.0 Å². The van der Waals surface area contributed by atoms with Crippen LogP contribution in [0.1, 0.15) is 66.8 Å². The highest BCUT2D eigenvalue weighted by atomic mass is 35.5. The predicted molar refractivity (Wildman–Crippen MR) is 78.5 cm³/mol. The average molecular weight is 295 g/mol. The van der Waals surface area contributed by atoms with Crippen LogP contribution in [0.4, 0.5) is 0 Å². The van der Waals surface area contributed by atoms with Crippen molar-refractivity contribution in [2.24, 2.45) is 0 Å². The van der Waals surface area contributed by atoms with E-state index >= 15 is 0 Å². The molecule has 0 saturated heterocycles. The van der Waals surface area contributed by atoms with E-state index in [1.54, 1.807) is 12.1 Å². The summed E-state index contributed by atoms with van der Waals surface area (Å²) in [6, 6.07) is 5.36. The van der Waals surface area contributed by atoms with E-state index < -0.39 is 5.97 Å². The van der Waals surface area contributed by atoms with Gasteiger partial charge < -0.3 is 5.11 Å². The van der Waals surface area contributed by atoms with Crippen LogP contribution in [0.5, 0.6) is 0 Å². The largest absolute Gasteiger partial charge is 0.481 e. The van der Waals surface area contributed by atoms with Crippen molar-refractivity contribution in [3.63, 3.8) is 0 Å². The number of aliphatic carboxylic acids is 1. The smallest absolute Gasteiger partial charge is 0.303 e. The third-order valence-corrected chi connectivity index (χ3v) is 4.26. The van der Waals surface area contributed by atoms with Gasteiger partial charge >= 0.3 is 5.97 Å². The molecule has 2 rings (SSSR count). The summed E-state index contributed by atoms with van der Waals surface area (Å²) < 4.78 is 0. The van der Waals surface area contributed by atoms with Crippen molar-refractivity contribution in [2.45, 2.75) is 50.9 Å². The van der Waals surface area contributed by atoms with Crippen molar-refractivity contribution in [1.29, 1.82) is 0 Å². The molecule has 1 aliphatic carbocycles. The summed E-state index contributed by atoms with van der Waals surface area (Å²) in [6.07, 6.45) is 5.59. The van der Waals surface area contributed by atoms with E-state index in [1.165, 1.54) is 19.3 Å². The minimum Gasteiger partial charge on any atom is -0.481 e. The number of carbonyl (C=O) groups is 2.